The van der Waals surface area contributed by atoms with Crippen molar-refractivity contribution in [2.24, 2.45) is 5.73 Å². The Morgan fingerprint density at radius 3 is 2.76 bits per heavy atom. The van der Waals surface area contributed by atoms with Crippen LogP contribution >= 0.6 is 28.0 Å². The van der Waals surface area contributed by atoms with E-state index >= 15 is 0 Å². The van der Waals surface area contributed by atoms with Crippen molar-refractivity contribution in [3.63, 3.8) is 0 Å². The van der Waals surface area contributed by atoms with Crippen molar-refractivity contribution in [1.82, 2.24) is 0 Å². The van der Waals surface area contributed by atoms with Crippen LogP contribution in [-0.2, 0) is 8.92 Å². The van der Waals surface area contributed by atoms with Crippen LogP contribution in [0.2, 0.25) is 0 Å². The number of halogens is 1. The Kier molecular flexibility index (Phi) is 7.15. The highest BCUT2D eigenvalue weighted by Gasteiger charge is 2.13. The van der Waals surface area contributed by atoms with E-state index in [1.54, 1.807) is 0 Å². The zero-order chi connectivity index (χ0) is 12.7. The van der Waals surface area contributed by atoms with Gasteiger partial charge in [0.1, 0.15) is 6.10 Å². The van der Waals surface area contributed by atoms with E-state index in [-0.39, 0.29) is 6.10 Å². The van der Waals surface area contributed by atoms with Crippen molar-refractivity contribution in [2.75, 3.05) is 26.0 Å². The summed E-state index contributed by atoms with van der Waals surface area (Å²) in [5.74, 6) is 0. The average molecular weight is 320 g/mol. The van der Waals surface area contributed by atoms with Gasteiger partial charge in [0.2, 0.25) is 0 Å². The quantitative estimate of drug-likeness (QED) is 0.619. The Bertz CT molecular complexity index is 329. The Morgan fingerprint density at radius 2 is 2.18 bits per heavy atom. The van der Waals surface area contributed by atoms with Crippen molar-refractivity contribution >= 4 is 28.0 Å². The Morgan fingerprint density at radius 1 is 1.41 bits per heavy atom. The van der Waals surface area contributed by atoms with Gasteiger partial charge in [-0.15, -0.1) is 0 Å². The molecule has 0 saturated heterocycles. The van der Waals surface area contributed by atoms with Crippen LogP contribution in [0.1, 0.15) is 17.2 Å². The standard InChI is InChI=1S/C12H18BrNO2S/c1-9-5-10(7-11(13)6-9)12(16-17-2)8-15-4-3-14/h5-7,12H,3-4,8,14H2,1-2H3. The number of hydrogen-bond donors (Lipinski definition) is 1. The van der Waals surface area contributed by atoms with Crippen LogP contribution in [0.3, 0.4) is 0 Å². The predicted molar refractivity (Wildman–Crippen MR) is 76.1 cm³/mol. The van der Waals surface area contributed by atoms with Gasteiger partial charge in [0.25, 0.3) is 0 Å². The molecule has 0 bridgehead atoms. The molecule has 0 aromatic heterocycles. The highest BCUT2D eigenvalue weighted by atomic mass is 79.9. The molecule has 3 nitrogen and oxygen atoms in total. The van der Waals surface area contributed by atoms with Crippen molar-refractivity contribution < 1.29 is 8.92 Å². The monoisotopic (exact) mass is 319 g/mol. The van der Waals surface area contributed by atoms with Gasteiger partial charge in [0.15, 0.2) is 0 Å². The van der Waals surface area contributed by atoms with Gasteiger partial charge in [-0.1, -0.05) is 22.0 Å². The molecule has 1 atom stereocenters. The lowest BCUT2D eigenvalue weighted by molar-refractivity contribution is 0.0643. The van der Waals surface area contributed by atoms with Crippen molar-refractivity contribution in [2.45, 2.75) is 13.0 Å². The molecule has 0 heterocycles. The lowest BCUT2D eigenvalue weighted by Crippen LogP contribution is -2.14. The van der Waals surface area contributed by atoms with Gasteiger partial charge in [0.05, 0.1) is 13.2 Å². The van der Waals surface area contributed by atoms with E-state index in [4.69, 9.17) is 14.7 Å². The molecule has 1 aromatic carbocycles. The van der Waals surface area contributed by atoms with Gasteiger partial charge < -0.3 is 14.7 Å². The van der Waals surface area contributed by atoms with Gasteiger partial charge in [-0.05, 0) is 42.2 Å². The van der Waals surface area contributed by atoms with E-state index in [1.807, 2.05) is 6.26 Å². The average Bonchev–Trinajstić information content (AvgIpc) is 2.27. The summed E-state index contributed by atoms with van der Waals surface area (Å²) in [6.07, 6.45) is 1.84. The topological polar surface area (TPSA) is 44.5 Å². The number of benzene rings is 1. The summed E-state index contributed by atoms with van der Waals surface area (Å²) in [6, 6.07) is 6.23. The number of aryl methyl sites for hydroxylation is 1. The fourth-order valence-electron chi connectivity index (χ4n) is 1.52. The smallest absolute Gasteiger partial charge is 0.120 e. The largest absolute Gasteiger partial charge is 0.377 e. The maximum Gasteiger partial charge on any atom is 0.120 e. The van der Waals surface area contributed by atoms with Gasteiger partial charge >= 0.3 is 0 Å². The van der Waals surface area contributed by atoms with Gasteiger partial charge in [-0.3, -0.25) is 0 Å². The lowest BCUT2D eigenvalue weighted by atomic mass is 10.1. The minimum Gasteiger partial charge on any atom is -0.377 e. The van der Waals surface area contributed by atoms with Crippen LogP contribution < -0.4 is 5.73 Å². The zero-order valence-corrected chi connectivity index (χ0v) is 12.5. The molecule has 0 aliphatic rings. The van der Waals surface area contributed by atoms with Crippen LogP contribution in [0.5, 0.6) is 0 Å². The summed E-state index contributed by atoms with van der Waals surface area (Å²) in [7, 11) is 0. The van der Waals surface area contributed by atoms with E-state index in [2.05, 4.69) is 41.1 Å². The molecule has 1 rings (SSSR count). The van der Waals surface area contributed by atoms with Crippen molar-refractivity contribution in [3.8, 4) is 0 Å². The Hall–Kier alpha value is -0.0700. The fraction of sp³-hybridized carbons (Fsp3) is 0.500. The van der Waals surface area contributed by atoms with E-state index in [9.17, 15) is 0 Å². The first-order valence-corrected chi connectivity index (χ1v) is 7.36. The fourth-order valence-corrected chi connectivity index (χ4v) is 2.54. The van der Waals surface area contributed by atoms with E-state index in [1.165, 1.54) is 17.6 Å². The molecule has 0 fully saturated rings. The molecular weight excluding hydrogens is 302 g/mol. The van der Waals surface area contributed by atoms with Crippen molar-refractivity contribution in [1.29, 1.82) is 0 Å². The van der Waals surface area contributed by atoms with E-state index in [0.717, 1.165) is 10.0 Å². The number of rotatable bonds is 7. The number of hydrogen-bond acceptors (Lipinski definition) is 4. The summed E-state index contributed by atoms with van der Waals surface area (Å²) >= 11 is 4.84. The Labute approximate surface area is 115 Å². The summed E-state index contributed by atoms with van der Waals surface area (Å²) in [4.78, 5) is 0. The highest BCUT2D eigenvalue weighted by molar-refractivity contribution is 9.10. The molecular formula is C12H18BrNO2S. The summed E-state index contributed by atoms with van der Waals surface area (Å²) in [5, 5.41) is 0. The summed E-state index contributed by atoms with van der Waals surface area (Å²) < 4.78 is 12.1. The van der Waals surface area contributed by atoms with Crippen LogP contribution in [-0.4, -0.2) is 26.0 Å². The SMILES string of the molecule is CSOC(COCCN)c1cc(C)cc(Br)c1. The second-order valence-corrected chi connectivity index (χ2v) is 5.12. The molecule has 17 heavy (non-hydrogen) atoms. The maximum absolute atomic E-state index is 5.61. The van der Waals surface area contributed by atoms with Crippen LogP contribution in [0.25, 0.3) is 0 Å². The Balaban J connectivity index is 2.73. The highest BCUT2D eigenvalue weighted by Crippen LogP contribution is 2.26. The third-order valence-corrected chi connectivity index (χ3v) is 3.06. The second-order valence-electron chi connectivity index (χ2n) is 3.68. The van der Waals surface area contributed by atoms with Crippen LogP contribution in [0.15, 0.2) is 22.7 Å². The molecule has 0 aliphatic heterocycles. The number of nitrogens with two attached hydrogens (primary N) is 1. The molecule has 1 aromatic rings. The first-order chi connectivity index (χ1) is 8.17. The van der Waals surface area contributed by atoms with Gasteiger partial charge in [-0.2, -0.15) is 0 Å². The third kappa shape index (κ3) is 5.40. The van der Waals surface area contributed by atoms with Gasteiger partial charge in [-0.25, -0.2) is 0 Å². The van der Waals surface area contributed by atoms with Crippen LogP contribution in [0, 0.1) is 6.92 Å². The van der Waals surface area contributed by atoms with Gasteiger partial charge in [0, 0.05) is 17.3 Å². The lowest BCUT2D eigenvalue weighted by Gasteiger charge is -2.17. The van der Waals surface area contributed by atoms with E-state index < -0.39 is 0 Å². The third-order valence-electron chi connectivity index (χ3n) is 2.18. The predicted octanol–water partition coefficient (Wildman–Crippen LogP) is 3.07. The number of ether oxygens (including phenoxy) is 1. The first kappa shape index (κ1) is 15.0. The molecule has 5 heteroatoms. The molecule has 0 aliphatic carbocycles. The summed E-state index contributed by atoms with van der Waals surface area (Å²) in [6.45, 7) is 3.67. The molecule has 96 valence electrons. The minimum absolute atomic E-state index is 0.0623. The minimum atomic E-state index is -0.0623. The normalized spacial score (nSPS) is 12.7. The molecule has 1 unspecified atom stereocenters. The second kappa shape index (κ2) is 8.11. The van der Waals surface area contributed by atoms with Crippen LogP contribution in [0.4, 0.5) is 0 Å². The zero-order valence-electron chi connectivity index (χ0n) is 10.1. The molecule has 0 amide bonds. The first-order valence-electron chi connectivity index (χ1n) is 5.41. The van der Waals surface area contributed by atoms with Crippen molar-refractivity contribution in [3.05, 3.63) is 33.8 Å². The molecule has 0 saturated carbocycles. The molecule has 0 radical (unpaired) electrons. The maximum atomic E-state index is 5.61. The molecule has 0 spiro atoms. The molecule has 2 N–H and O–H groups in total. The van der Waals surface area contributed by atoms with E-state index in [0.29, 0.717) is 19.8 Å². The summed E-state index contributed by atoms with van der Waals surface area (Å²) in [5.41, 5.74) is 7.71.